The minimum Gasteiger partial charge on any atom is -0.259 e. The summed E-state index contributed by atoms with van der Waals surface area (Å²) in [5, 5.41) is 5.10. The van der Waals surface area contributed by atoms with Gasteiger partial charge in [0.15, 0.2) is 10.8 Å². The van der Waals surface area contributed by atoms with E-state index in [2.05, 4.69) is 21.6 Å². The van der Waals surface area contributed by atoms with Crippen molar-refractivity contribution in [2.24, 2.45) is 10.1 Å². The lowest BCUT2D eigenvalue weighted by Crippen LogP contribution is -2.18. The van der Waals surface area contributed by atoms with Crippen molar-refractivity contribution >= 4 is 45.4 Å². The van der Waals surface area contributed by atoms with Gasteiger partial charge in [0.2, 0.25) is 0 Å². The highest BCUT2D eigenvalue weighted by atomic mass is 32.1. The van der Waals surface area contributed by atoms with Crippen LogP contribution in [0.15, 0.2) is 101 Å². The van der Waals surface area contributed by atoms with Crippen LogP contribution in [-0.4, -0.2) is 17.0 Å². The molecule has 0 atom stereocenters. The summed E-state index contributed by atoms with van der Waals surface area (Å²) < 4.78 is 1.12. The number of allylic oxidation sites excluding steroid dienone is 1. The highest BCUT2D eigenvalue weighted by molar-refractivity contribution is 7.20. The normalized spacial score (nSPS) is 12.2. The molecular formula is C23H18N4S. The van der Waals surface area contributed by atoms with Crippen LogP contribution in [0.4, 0.5) is 5.69 Å². The molecule has 0 aliphatic carbocycles. The van der Waals surface area contributed by atoms with Crippen molar-refractivity contribution in [3.8, 4) is 0 Å². The Morgan fingerprint density at radius 2 is 1.57 bits per heavy atom. The third kappa shape index (κ3) is 4.58. The van der Waals surface area contributed by atoms with Gasteiger partial charge < -0.3 is 0 Å². The number of nitrogens with one attached hydrogen (secondary N) is 1. The molecule has 4 aromatic rings. The molecular weight excluding hydrogens is 364 g/mol. The van der Waals surface area contributed by atoms with Crippen LogP contribution in [0.25, 0.3) is 16.3 Å². The summed E-state index contributed by atoms with van der Waals surface area (Å²) >= 11 is 1.59. The van der Waals surface area contributed by atoms with Crippen molar-refractivity contribution in [1.29, 1.82) is 0 Å². The number of benzene rings is 3. The van der Waals surface area contributed by atoms with E-state index in [0.29, 0.717) is 5.84 Å². The topological polar surface area (TPSA) is 49.6 Å². The first-order valence-electron chi connectivity index (χ1n) is 8.89. The number of nitrogens with zero attached hydrogens (tertiary/aromatic N) is 3. The smallest absolute Gasteiger partial charge is 0.183 e. The maximum atomic E-state index is 4.70. The average molecular weight is 382 g/mol. The third-order valence-corrected chi connectivity index (χ3v) is 4.96. The third-order valence-electron chi connectivity index (χ3n) is 3.91. The molecule has 1 aromatic heterocycles. The molecule has 0 bridgehead atoms. The lowest BCUT2D eigenvalue weighted by atomic mass is 10.2. The molecule has 28 heavy (non-hydrogen) atoms. The van der Waals surface area contributed by atoms with E-state index < -0.39 is 0 Å². The van der Waals surface area contributed by atoms with E-state index in [1.54, 1.807) is 17.6 Å². The molecule has 0 unspecified atom stereocenters. The molecule has 1 N–H and O–H groups in total. The Kier molecular flexibility index (Phi) is 5.65. The Balaban J connectivity index is 1.57. The molecule has 0 aliphatic rings. The quantitative estimate of drug-likeness (QED) is 0.275. The highest BCUT2D eigenvalue weighted by Crippen LogP contribution is 2.23. The average Bonchev–Trinajstić information content (AvgIpc) is 3.18. The zero-order chi connectivity index (χ0) is 19.0. The fourth-order valence-electron chi connectivity index (χ4n) is 2.59. The minimum absolute atomic E-state index is 0.622. The van der Waals surface area contributed by atoms with Crippen molar-refractivity contribution in [2.45, 2.75) is 0 Å². The van der Waals surface area contributed by atoms with Gasteiger partial charge in [-0.25, -0.2) is 9.98 Å². The van der Waals surface area contributed by atoms with Gasteiger partial charge in [-0.2, -0.15) is 5.10 Å². The Labute approximate surface area is 167 Å². The number of hydrogen-bond acceptors (Lipinski definition) is 4. The summed E-state index contributed by atoms with van der Waals surface area (Å²) in [4.78, 5) is 9.38. The Morgan fingerprint density at radius 1 is 0.857 bits per heavy atom. The van der Waals surface area contributed by atoms with E-state index in [0.717, 1.165) is 26.5 Å². The summed E-state index contributed by atoms with van der Waals surface area (Å²) in [6.07, 6.45) is 5.60. The standard InChI is InChI=1S/C23H18N4S/c1-3-10-18(11-4-1)12-9-17-24-27-22(25-19-13-5-2-6-14-19)23-26-20-15-7-8-16-21(20)28-23/h1-17H,(H,25,27)/b12-9+,24-17-. The van der Waals surface area contributed by atoms with E-state index in [1.165, 1.54) is 0 Å². The summed E-state index contributed by atoms with van der Waals surface area (Å²) in [6.45, 7) is 0. The van der Waals surface area contributed by atoms with Crippen LogP contribution >= 0.6 is 11.3 Å². The Bertz CT molecular complexity index is 1100. The van der Waals surface area contributed by atoms with E-state index in [4.69, 9.17) is 4.99 Å². The molecule has 0 saturated heterocycles. The van der Waals surface area contributed by atoms with Crippen LogP contribution in [0.5, 0.6) is 0 Å². The molecule has 4 nitrogen and oxygen atoms in total. The van der Waals surface area contributed by atoms with Crippen molar-refractivity contribution in [2.75, 3.05) is 0 Å². The van der Waals surface area contributed by atoms with Gasteiger partial charge in [-0.3, -0.25) is 5.43 Å². The molecule has 0 amide bonds. The molecule has 0 spiro atoms. The van der Waals surface area contributed by atoms with Gasteiger partial charge in [-0.15, -0.1) is 11.3 Å². The van der Waals surface area contributed by atoms with Crippen LogP contribution in [0.1, 0.15) is 10.6 Å². The first-order valence-corrected chi connectivity index (χ1v) is 9.71. The van der Waals surface area contributed by atoms with Crippen LogP contribution in [0.2, 0.25) is 0 Å². The lowest BCUT2D eigenvalue weighted by Gasteiger charge is -2.02. The summed E-state index contributed by atoms with van der Waals surface area (Å²) in [5.74, 6) is 0.622. The maximum absolute atomic E-state index is 4.70. The van der Waals surface area contributed by atoms with E-state index >= 15 is 0 Å². The molecule has 136 valence electrons. The highest BCUT2D eigenvalue weighted by Gasteiger charge is 2.10. The van der Waals surface area contributed by atoms with Crippen LogP contribution in [-0.2, 0) is 0 Å². The van der Waals surface area contributed by atoms with Gasteiger partial charge in [0.05, 0.1) is 15.9 Å². The fraction of sp³-hybridized carbons (Fsp3) is 0. The van der Waals surface area contributed by atoms with Gasteiger partial charge in [0, 0.05) is 6.21 Å². The SMILES string of the molecule is C(/C=C/c1ccccc1)=N/NC(=Nc1ccccc1)c1nc2ccccc2s1. The van der Waals surface area contributed by atoms with Crippen molar-refractivity contribution in [3.05, 3.63) is 102 Å². The van der Waals surface area contributed by atoms with E-state index in [-0.39, 0.29) is 0 Å². The van der Waals surface area contributed by atoms with Crippen LogP contribution in [0, 0.1) is 0 Å². The molecule has 3 aromatic carbocycles. The van der Waals surface area contributed by atoms with E-state index in [1.807, 2.05) is 91.0 Å². The largest absolute Gasteiger partial charge is 0.259 e. The van der Waals surface area contributed by atoms with Gasteiger partial charge >= 0.3 is 0 Å². The zero-order valence-corrected chi connectivity index (χ0v) is 15.9. The van der Waals surface area contributed by atoms with Crippen molar-refractivity contribution in [1.82, 2.24) is 10.4 Å². The van der Waals surface area contributed by atoms with Gasteiger partial charge in [0.25, 0.3) is 0 Å². The number of hydrazone groups is 1. The number of amidine groups is 1. The number of rotatable bonds is 5. The number of fused-ring (bicyclic) bond motifs is 1. The molecule has 0 saturated carbocycles. The van der Waals surface area contributed by atoms with Gasteiger partial charge in [0.1, 0.15) is 0 Å². The predicted octanol–water partition coefficient (Wildman–Crippen LogP) is 5.66. The summed E-state index contributed by atoms with van der Waals surface area (Å²) in [5.41, 5.74) is 5.97. The maximum Gasteiger partial charge on any atom is 0.183 e. The number of thiazole rings is 1. The molecule has 5 heteroatoms. The summed E-state index contributed by atoms with van der Waals surface area (Å²) in [7, 11) is 0. The molecule has 0 fully saturated rings. The number of aromatic nitrogens is 1. The molecule has 4 rings (SSSR count). The first-order chi connectivity index (χ1) is 13.9. The summed E-state index contributed by atoms with van der Waals surface area (Å²) in [6, 6.07) is 27.9. The Morgan fingerprint density at radius 3 is 2.36 bits per heavy atom. The second-order valence-electron chi connectivity index (χ2n) is 5.94. The van der Waals surface area contributed by atoms with Crippen molar-refractivity contribution in [3.63, 3.8) is 0 Å². The van der Waals surface area contributed by atoms with Crippen molar-refractivity contribution < 1.29 is 0 Å². The van der Waals surface area contributed by atoms with Crippen LogP contribution in [0.3, 0.4) is 0 Å². The monoisotopic (exact) mass is 382 g/mol. The fourth-order valence-corrected chi connectivity index (χ4v) is 3.49. The number of para-hydroxylation sites is 2. The minimum atomic E-state index is 0.622. The molecule has 0 radical (unpaired) electrons. The number of hydrogen-bond donors (Lipinski definition) is 1. The first kappa shape index (κ1) is 17.8. The second kappa shape index (κ2) is 8.88. The van der Waals surface area contributed by atoms with Gasteiger partial charge in [-0.1, -0.05) is 66.7 Å². The number of aliphatic imine (C=N–C) groups is 1. The molecule has 1 heterocycles. The predicted molar refractivity (Wildman–Crippen MR) is 119 cm³/mol. The second-order valence-corrected chi connectivity index (χ2v) is 6.97. The lowest BCUT2D eigenvalue weighted by molar-refractivity contribution is 1.03. The zero-order valence-electron chi connectivity index (χ0n) is 15.1. The van der Waals surface area contributed by atoms with Crippen LogP contribution < -0.4 is 5.43 Å². The van der Waals surface area contributed by atoms with E-state index in [9.17, 15) is 0 Å². The molecule has 0 aliphatic heterocycles. The Hall–Kier alpha value is -3.57. The van der Waals surface area contributed by atoms with Gasteiger partial charge in [-0.05, 0) is 35.9 Å².